The minimum atomic E-state index is 0.268. The molecule has 1 unspecified atom stereocenters. The maximum atomic E-state index is 6.24. The van der Waals surface area contributed by atoms with E-state index in [2.05, 4.69) is 45.4 Å². The summed E-state index contributed by atoms with van der Waals surface area (Å²) >= 11 is 0. The van der Waals surface area contributed by atoms with Crippen LogP contribution in [0.2, 0.25) is 0 Å². The largest absolute Gasteiger partial charge is 0.376 e. The van der Waals surface area contributed by atoms with Crippen molar-refractivity contribution >= 4 is 0 Å². The third-order valence-corrected chi connectivity index (χ3v) is 6.22. The number of benzene rings is 1. The number of rotatable bonds is 5. The molecule has 0 amide bonds. The summed E-state index contributed by atoms with van der Waals surface area (Å²) in [5, 5.41) is 7.83. The smallest absolute Gasteiger partial charge is 0.140 e. The number of ether oxygens (including phenoxy) is 1. The summed E-state index contributed by atoms with van der Waals surface area (Å²) in [4.78, 5) is 4.69. The van der Waals surface area contributed by atoms with Crippen LogP contribution in [0.3, 0.4) is 0 Å². The van der Waals surface area contributed by atoms with E-state index in [4.69, 9.17) is 9.72 Å². The fourth-order valence-corrected chi connectivity index (χ4v) is 4.68. The zero-order valence-corrected chi connectivity index (χ0v) is 16.1. The van der Waals surface area contributed by atoms with Gasteiger partial charge in [-0.15, -0.1) is 0 Å². The number of nitrogens with one attached hydrogen (secondary N) is 1. The quantitative estimate of drug-likeness (QED) is 0.743. The molecule has 4 heterocycles. The molecule has 0 bridgehead atoms. The average molecular weight is 377 g/mol. The highest BCUT2D eigenvalue weighted by atomic mass is 16.5. The lowest BCUT2D eigenvalue weighted by Crippen LogP contribution is -2.37. The maximum absolute atomic E-state index is 6.24. The summed E-state index contributed by atoms with van der Waals surface area (Å²) in [5.41, 5.74) is 2.77. The zero-order valence-electron chi connectivity index (χ0n) is 16.1. The van der Waals surface area contributed by atoms with Gasteiger partial charge in [-0.1, -0.05) is 24.3 Å². The molecule has 2 aromatic heterocycles. The van der Waals surface area contributed by atoms with E-state index in [1.807, 2.05) is 29.3 Å². The van der Waals surface area contributed by atoms with E-state index in [1.54, 1.807) is 0 Å². The van der Waals surface area contributed by atoms with Gasteiger partial charge in [-0.3, -0.25) is 4.68 Å². The van der Waals surface area contributed by atoms with Gasteiger partial charge in [0, 0.05) is 30.4 Å². The molecule has 1 aromatic carbocycles. The van der Waals surface area contributed by atoms with Crippen molar-refractivity contribution in [1.82, 2.24) is 24.6 Å². The minimum Gasteiger partial charge on any atom is -0.376 e. The van der Waals surface area contributed by atoms with Crippen molar-refractivity contribution in [3.05, 3.63) is 60.7 Å². The van der Waals surface area contributed by atoms with Crippen LogP contribution in [-0.4, -0.2) is 45.1 Å². The van der Waals surface area contributed by atoms with Crippen molar-refractivity contribution in [1.29, 1.82) is 0 Å². The van der Waals surface area contributed by atoms with Gasteiger partial charge in [0.15, 0.2) is 0 Å². The van der Waals surface area contributed by atoms with Crippen LogP contribution in [0.25, 0.3) is 11.4 Å². The summed E-state index contributed by atoms with van der Waals surface area (Å²) in [7, 11) is 0. The fourth-order valence-electron chi connectivity index (χ4n) is 4.68. The first kappa shape index (κ1) is 17.6. The van der Waals surface area contributed by atoms with Crippen LogP contribution in [0, 0.1) is 5.41 Å². The Labute approximate surface area is 165 Å². The van der Waals surface area contributed by atoms with E-state index in [1.165, 1.54) is 18.4 Å². The molecule has 28 heavy (non-hydrogen) atoms. The maximum Gasteiger partial charge on any atom is 0.140 e. The van der Waals surface area contributed by atoms with Gasteiger partial charge >= 0.3 is 0 Å². The zero-order chi connectivity index (χ0) is 18.8. The first-order valence-electron chi connectivity index (χ1n) is 10.2. The van der Waals surface area contributed by atoms with Gasteiger partial charge in [0.2, 0.25) is 0 Å². The Morgan fingerprint density at radius 3 is 2.86 bits per heavy atom. The highest BCUT2D eigenvalue weighted by Gasteiger charge is 2.40. The van der Waals surface area contributed by atoms with Crippen molar-refractivity contribution in [2.45, 2.75) is 38.5 Å². The molecule has 0 radical (unpaired) electrons. The standard InChI is InChI=1S/C22H27N5O/c1-2-5-20(18(4-1)15-27-12-3-8-25-27)21-24-11-13-26(21)16-19-14-22(17-28-19)6-9-23-10-7-22/h1-5,8,11-13,19,23H,6-7,9-10,14-17H2. The van der Waals surface area contributed by atoms with E-state index >= 15 is 0 Å². The Morgan fingerprint density at radius 2 is 2.00 bits per heavy atom. The molecular formula is C22H27N5O. The Kier molecular flexibility index (Phi) is 4.74. The SMILES string of the molecule is c1ccc(-c2nccn2CC2CC3(CCNCC3)CO2)c(Cn2cccn2)c1. The monoisotopic (exact) mass is 377 g/mol. The molecule has 2 aliphatic rings. The summed E-state index contributed by atoms with van der Waals surface area (Å²) < 4.78 is 10.4. The van der Waals surface area contributed by atoms with Gasteiger partial charge in [0.1, 0.15) is 5.82 Å². The Bertz CT molecular complexity index is 911. The highest BCUT2D eigenvalue weighted by molar-refractivity contribution is 5.60. The Hall–Kier alpha value is -2.44. The van der Waals surface area contributed by atoms with E-state index in [-0.39, 0.29) is 6.10 Å². The lowest BCUT2D eigenvalue weighted by atomic mass is 9.77. The topological polar surface area (TPSA) is 56.9 Å². The van der Waals surface area contributed by atoms with Crippen molar-refractivity contribution in [2.75, 3.05) is 19.7 Å². The summed E-state index contributed by atoms with van der Waals surface area (Å²) in [5.74, 6) is 1.01. The summed E-state index contributed by atoms with van der Waals surface area (Å²) in [6.07, 6.45) is 11.7. The molecule has 1 spiro atoms. The number of hydrogen-bond donors (Lipinski definition) is 1. The number of piperidine rings is 1. The molecular weight excluding hydrogens is 350 g/mol. The summed E-state index contributed by atoms with van der Waals surface area (Å²) in [6.45, 7) is 4.74. The van der Waals surface area contributed by atoms with Gasteiger partial charge in [-0.05, 0) is 49.4 Å². The Morgan fingerprint density at radius 1 is 1.11 bits per heavy atom. The molecule has 1 N–H and O–H groups in total. The second kappa shape index (κ2) is 7.53. The van der Waals surface area contributed by atoms with E-state index in [0.717, 1.165) is 50.6 Å². The highest BCUT2D eigenvalue weighted by Crippen LogP contribution is 2.41. The van der Waals surface area contributed by atoms with Crippen LogP contribution in [0.15, 0.2) is 55.1 Å². The number of nitrogens with zero attached hydrogens (tertiary/aromatic N) is 4. The third kappa shape index (κ3) is 3.50. The van der Waals surface area contributed by atoms with Gasteiger partial charge in [-0.2, -0.15) is 5.10 Å². The van der Waals surface area contributed by atoms with E-state index in [9.17, 15) is 0 Å². The van der Waals surface area contributed by atoms with Gasteiger partial charge < -0.3 is 14.6 Å². The van der Waals surface area contributed by atoms with Crippen LogP contribution in [0.4, 0.5) is 0 Å². The van der Waals surface area contributed by atoms with Crippen molar-refractivity contribution in [3.8, 4) is 11.4 Å². The van der Waals surface area contributed by atoms with Crippen LogP contribution in [-0.2, 0) is 17.8 Å². The van der Waals surface area contributed by atoms with Crippen molar-refractivity contribution in [3.63, 3.8) is 0 Å². The Balaban J connectivity index is 1.36. The molecule has 146 valence electrons. The third-order valence-electron chi connectivity index (χ3n) is 6.22. The van der Waals surface area contributed by atoms with Crippen LogP contribution in [0.1, 0.15) is 24.8 Å². The summed E-state index contributed by atoms with van der Waals surface area (Å²) in [6, 6.07) is 10.4. The van der Waals surface area contributed by atoms with Gasteiger partial charge in [-0.25, -0.2) is 4.98 Å². The first-order chi connectivity index (χ1) is 13.8. The second-order valence-electron chi connectivity index (χ2n) is 8.15. The van der Waals surface area contributed by atoms with Crippen LogP contribution >= 0.6 is 0 Å². The van der Waals surface area contributed by atoms with Crippen LogP contribution < -0.4 is 5.32 Å². The molecule has 5 rings (SSSR count). The lowest BCUT2D eigenvalue weighted by Gasteiger charge is -2.32. The number of aromatic nitrogens is 4. The van der Waals surface area contributed by atoms with E-state index in [0.29, 0.717) is 5.41 Å². The number of imidazole rings is 1. The van der Waals surface area contributed by atoms with Crippen molar-refractivity contribution < 1.29 is 4.74 Å². The van der Waals surface area contributed by atoms with Gasteiger partial charge in [0.05, 0.1) is 25.8 Å². The van der Waals surface area contributed by atoms with Gasteiger partial charge in [0.25, 0.3) is 0 Å². The van der Waals surface area contributed by atoms with Crippen LogP contribution in [0.5, 0.6) is 0 Å². The molecule has 0 aliphatic carbocycles. The lowest BCUT2D eigenvalue weighted by molar-refractivity contribution is 0.0778. The molecule has 1 atom stereocenters. The minimum absolute atomic E-state index is 0.268. The van der Waals surface area contributed by atoms with Crippen molar-refractivity contribution in [2.24, 2.45) is 5.41 Å². The molecule has 6 nitrogen and oxygen atoms in total. The predicted octanol–water partition coefficient (Wildman–Crippen LogP) is 2.95. The second-order valence-corrected chi connectivity index (χ2v) is 8.15. The molecule has 3 aromatic rings. The molecule has 0 saturated carbocycles. The average Bonchev–Trinajstić information content (AvgIpc) is 3.46. The first-order valence-corrected chi connectivity index (χ1v) is 10.2. The predicted molar refractivity (Wildman–Crippen MR) is 108 cm³/mol. The normalized spacial score (nSPS) is 21.4. The number of hydrogen-bond acceptors (Lipinski definition) is 4. The molecule has 2 aliphatic heterocycles. The molecule has 6 heteroatoms. The molecule has 2 saturated heterocycles. The molecule has 2 fully saturated rings. The van der Waals surface area contributed by atoms with E-state index < -0.39 is 0 Å². The fraction of sp³-hybridized carbons (Fsp3) is 0.455.